The molecule has 1 aromatic heterocycles. The third-order valence-electron chi connectivity index (χ3n) is 2.31. The minimum Gasteiger partial charge on any atom is -0.393 e. The fourth-order valence-corrected chi connectivity index (χ4v) is 1.45. The van der Waals surface area contributed by atoms with Crippen LogP contribution in [0.1, 0.15) is 5.56 Å². The minimum absolute atomic E-state index is 0.0392. The van der Waals surface area contributed by atoms with Crippen molar-refractivity contribution in [1.82, 2.24) is 4.98 Å². The van der Waals surface area contributed by atoms with E-state index < -0.39 is 0 Å². The maximum absolute atomic E-state index is 8.51. The molecule has 92 valence electrons. The molecule has 2 aromatic rings. The SMILES string of the molecule is OCCO/N=C/c1ccc(-c2ccccc2)nc1. The van der Waals surface area contributed by atoms with E-state index >= 15 is 0 Å². The lowest BCUT2D eigenvalue weighted by Gasteiger charge is -2.00. The van der Waals surface area contributed by atoms with Gasteiger partial charge in [0.2, 0.25) is 0 Å². The molecule has 0 saturated heterocycles. The Hall–Kier alpha value is -2.20. The van der Waals surface area contributed by atoms with E-state index in [2.05, 4.69) is 10.1 Å². The summed E-state index contributed by atoms with van der Waals surface area (Å²) in [5, 5.41) is 12.2. The second kappa shape index (κ2) is 6.51. The molecule has 0 saturated carbocycles. The third kappa shape index (κ3) is 3.40. The molecule has 4 heteroatoms. The molecule has 0 radical (unpaired) electrons. The van der Waals surface area contributed by atoms with Crippen molar-refractivity contribution >= 4 is 6.21 Å². The molecule has 4 nitrogen and oxygen atoms in total. The lowest BCUT2D eigenvalue weighted by Crippen LogP contribution is -1.94. The van der Waals surface area contributed by atoms with E-state index in [0.717, 1.165) is 16.8 Å². The summed E-state index contributed by atoms with van der Waals surface area (Å²) in [5.74, 6) is 0. The monoisotopic (exact) mass is 242 g/mol. The molecule has 0 aliphatic heterocycles. The van der Waals surface area contributed by atoms with Gasteiger partial charge in [0.25, 0.3) is 0 Å². The lowest BCUT2D eigenvalue weighted by molar-refractivity contribution is 0.0997. The van der Waals surface area contributed by atoms with Crippen LogP contribution in [-0.4, -0.2) is 29.5 Å². The molecule has 0 aliphatic rings. The number of hydrogen-bond donors (Lipinski definition) is 1. The summed E-state index contributed by atoms with van der Waals surface area (Å²) >= 11 is 0. The van der Waals surface area contributed by atoms with Gasteiger partial charge in [0.1, 0.15) is 6.61 Å². The first-order valence-corrected chi connectivity index (χ1v) is 5.68. The Morgan fingerprint density at radius 1 is 1.17 bits per heavy atom. The van der Waals surface area contributed by atoms with Gasteiger partial charge in [-0.2, -0.15) is 0 Å². The summed E-state index contributed by atoms with van der Waals surface area (Å²) in [6.07, 6.45) is 3.30. The van der Waals surface area contributed by atoms with Crippen LogP contribution < -0.4 is 0 Å². The van der Waals surface area contributed by atoms with Crippen LogP contribution in [0.3, 0.4) is 0 Å². The first kappa shape index (κ1) is 12.3. The van der Waals surface area contributed by atoms with Crippen molar-refractivity contribution in [3.63, 3.8) is 0 Å². The first-order valence-electron chi connectivity index (χ1n) is 5.68. The lowest BCUT2D eigenvalue weighted by atomic mass is 10.1. The van der Waals surface area contributed by atoms with E-state index in [1.165, 1.54) is 0 Å². The number of pyridine rings is 1. The second-order valence-electron chi connectivity index (χ2n) is 3.63. The minimum atomic E-state index is -0.0392. The van der Waals surface area contributed by atoms with E-state index in [0.29, 0.717) is 0 Å². The van der Waals surface area contributed by atoms with Crippen molar-refractivity contribution in [2.45, 2.75) is 0 Å². The molecular formula is C14H14N2O2. The van der Waals surface area contributed by atoms with E-state index in [1.807, 2.05) is 42.5 Å². The molecular weight excluding hydrogens is 228 g/mol. The van der Waals surface area contributed by atoms with Crippen LogP contribution in [0.25, 0.3) is 11.3 Å². The van der Waals surface area contributed by atoms with Gasteiger partial charge in [0, 0.05) is 17.3 Å². The second-order valence-corrected chi connectivity index (χ2v) is 3.63. The van der Waals surface area contributed by atoms with Crippen molar-refractivity contribution < 1.29 is 9.94 Å². The number of hydrogen-bond acceptors (Lipinski definition) is 4. The fourth-order valence-electron chi connectivity index (χ4n) is 1.45. The molecule has 0 spiro atoms. The van der Waals surface area contributed by atoms with Gasteiger partial charge < -0.3 is 9.94 Å². The summed E-state index contributed by atoms with van der Waals surface area (Å²) in [4.78, 5) is 9.14. The molecule has 0 atom stereocenters. The van der Waals surface area contributed by atoms with Crippen LogP contribution in [0.2, 0.25) is 0 Å². The maximum atomic E-state index is 8.51. The van der Waals surface area contributed by atoms with Crippen LogP contribution in [0.15, 0.2) is 53.8 Å². The van der Waals surface area contributed by atoms with Gasteiger partial charge in [0.15, 0.2) is 0 Å². The van der Waals surface area contributed by atoms with Gasteiger partial charge in [-0.1, -0.05) is 35.5 Å². The number of aliphatic hydroxyl groups excluding tert-OH is 1. The highest BCUT2D eigenvalue weighted by Gasteiger charge is 1.97. The standard InChI is InChI=1S/C14H14N2O2/c17-8-9-18-16-11-12-6-7-14(15-10-12)13-4-2-1-3-5-13/h1-7,10-11,17H,8-9H2/b16-11+. The predicted molar refractivity (Wildman–Crippen MR) is 70.3 cm³/mol. The highest BCUT2D eigenvalue weighted by Crippen LogP contribution is 2.15. The van der Waals surface area contributed by atoms with Crippen molar-refractivity contribution in [1.29, 1.82) is 0 Å². The molecule has 1 heterocycles. The number of aromatic nitrogens is 1. The number of oxime groups is 1. The summed E-state index contributed by atoms with van der Waals surface area (Å²) in [7, 11) is 0. The highest BCUT2D eigenvalue weighted by molar-refractivity contribution is 5.79. The Morgan fingerprint density at radius 2 is 2.00 bits per heavy atom. The molecule has 0 amide bonds. The number of nitrogens with zero attached hydrogens (tertiary/aromatic N) is 2. The van der Waals surface area contributed by atoms with E-state index in [-0.39, 0.29) is 13.2 Å². The molecule has 0 bridgehead atoms. The highest BCUT2D eigenvalue weighted by atomic mass is 16.6. The number of benzene rings is 1. The van der Waals surface area contributed by atoms with Crippen molar-refractivity contribution in [2.75, 3.05) is 13.2 Å². The topological polar surface area (TPSA) is 54.7 Å². The van der Waals surface area contributed by atoms with Crippen molar-refractivity contribution in [2.24, 2.45) is 5.16 Å². The van der Waals surface area contributed by atoms with Crippen LogP contribution in [0.4, 0.5) is 0 Å². The summed E-state index contributed by atoms with van der Waals surface area (Å²) in [6, 6.07) is 13.8. The summed E-state index contributed by atoms with van der Waals surface area (Å²) in [5.41, 5.74) is 2.86. The summed E-state index contributed by atoms with van der Waals surface area (Å²) in [6.45, 7) is 0.161. The van der Waals surface area contributed by atoms with Crippen LogP contribution >= 0.6 is 0 Å². The van der Waals surface area contributed by atoms with Crippen molar-refractivity contribution in [3.05, 3.63) is 54.2 Å². The van der Waals surface area contributed by atoms with Crippen LogP contribution in [0, 0.1) is 0 Å². The van der Waals surface area contributed by atoms with Crippen molar-refractivity contribution in [3.8, 4) is 11.3 Å². The molecule has 2 rings (SSSR count). The average Bonchev–Trinajstić information content (AvgIpc) is 2.45. The molecule has 0 fully saturated rings. The zero-order valence-electron chi connectivity index (χ0n) is 9.86. The Bertz CT molecular complexity index is 495. The van der Waals surface area contributed by atoms with Gasteiger partial charge in [-0.3, -0.25) is 4.98 Å². The smallest absolute Gasteiger partial charge is 0.140 e. The molecule has 0 aliphatic carbocycles. The summed E-state index contributed by atoms with van der Waals surface area (Å²) < 4.78 is 0. The Kier molecular flexibility index (Phi) is 4.44. The van der Waals surface area contributed by atoms with E-state index in [1.54, 1.807) is 12.4 Å². The van der Waals surface area contributed by atoms with Gasteiger partial charge >= 0.3 is 0 Å². The van der Waals surface area contributed by atoms with E-state index in [9.17, 15) is 0 Å². The molecule has 1 N–H and O–H groups in total. The zero-order chi connectivity index (χ0) is 12.6. The largest absolute Gasteiger partial charge is 0.393 e. The van der Waals surface area contributed by atoms with Crippen LogP contribution in [0.5, 0.6) is 0 Å². The van der Waals surface area contributed by atoms with Gasteiger partial charge in [-0.05, 0) is 12.1 Å². The molecule has 0 unspecified atom stereocenters. The normalized spacial score (nSPS) is 10.7. The Balaban J connectivity index is 2.04. The Morgan fingerprint density at radius 3 is 2.67 bits per heavy atom. The average molecular weight is 242 g/mol. The fraction of sp³-hybridized carbons (Fsp3) is 0.143. The predicted octanol–water partition coefficient (Wildman–Crippen LogP) is 2.09. The third-order valence-corrected chi connectivity index (χ3v) is 2.31. The zero-order valence-corrected chi connectivity index (χ0v) is 9.86. The number of aliphatic hydroxyl groups is 1. The Labute approximate surface area is 106 Å². The quantitative estimate of drug-likeness (QED) is 0.496. The molecule has 1 aromatic carbocycles. The van der Waals surface area contributed by atoms with Gasteiger partial charge in [-0.25, -0.2) is 0 Å². The first-order chi connectivity index (χ1) is 8.90. The van der Waals surface area contributed by atoms with Gasteiger partial charge in [0.05, 0.1) is 18.5 Å². The van der Waals surface area contributed by atoms with Crippen LogP contribution in [-0.2, 0) is 4.84 Å². The maximum Gasteiger partial charge on any atom is 0.140 e. The van der Waals surface area contributed by atoms with Gasteiger partial charge in [-0.15, -0.1) is 0 Å². The molecule has 18 heavy (non-hydrogen) atoms. The van der Waals surface area contributed by atoms with E-state index in [4.69, 9.17) is 9.94 Å². The number of rotatable bonds is 5.